The van der Waals surface area contributed by atoms with Gasteiger partial charge in [0.2, 0.25) is 0 Å². The summed E-state index contributed by atoms with van der Waals surface area (Å²) in [6, 6.07) is 0.246. The third kappa shape index (κ3) is 6.66. The molecule has 0 aromatic carbocycles. The number of rotatable bonds is 3. The zero-order valence-electron chi connectivity index (χ0n) is 13.2. The first kappa shape index (κ1) is 18.0. The molecule has 1 amide bonds. The molecule has 0 aromatic heterocycles. The molecular weight excluding hydrogens is 266 g/mol. The fourth-order valence-corrected chi connectivity index (χ4v) is 1.37. The van der Waals surface area contributed by atoms with Gasteiger partial charge in [-0.15, -0.1) is 0 Å². The van der Waals surface area contributed by atoms with Crippen LogP contribution in [0.25, 0.3) is 0 Å². The molecule has 0 aromatic rings. The molecule has 0 N–H and O–H groups in total. The van der Waals surface area contributed by atoms with Crippen LogP contribution in [0.15, 0.2) is 4.99 Å². The van der Waals surface area contributed by atoms with Crippen molar-refractivity contribution in [2.75, 3.05) is 14.1 Å². The Bertz CT molecular complexity index is 337. The minimum Gasteiger partial charge on any atom is -0.444 e. The van der Waals surface area contributed by atoms with E-state index in [-0.39, 0.29) is 12.2 Å². The first-order valence-corrected chi connectivity index (χ1v) is 6.75. The average molecular weight is 292 g/mol. The highest BCUT2D eigenvalue weighted by Gasteiger charge is 2.23. The fraction of sp³-hybridized carbons (Fsp3) is 0.846. The highest BCUT2D eigenvalue weighted by molar-refractivity contribution is 6.64. The van der Waals surface area contributed by atoms with E-state index in [9.17, 15) is 4.79 Å². The lowest BCUT2D eigenvalue weighted by atomic mass is 10.2. The highest BCUT2D eigenvalue weighted by Crippen LogP contribution is 2.12. The SMILES string of the molecule is CC(C)N(C)C(Cl)=NC(C)N(C)C(=O)OC(C)(C)C. The molecule has 1 unspecified atom stereocenters. The van der Waals surface area contributed by atoms with Gasteiger partial charge < -0.3 is 9.64 Å². The summed E-state index contributed by atoms with van der Waals surface area (Å²) in [6.45, 7) is 11.3. The Morgan fingerprint density at radius 2 is 1.63 bits per heavy atom. The Morgan fingerprint density at radius 1 is 1.16 bits per heavy atom. The van der Waals surface area contributed by atoms with Crippen molar-refractivity contribution in [1.29, 1.82) is 0 Å². The van der Waals surface area contributed by atoms with Crippen molar-refractivity contribution in [2.45, 2.75) is 59.4 Å². The summed E-state index contributed by atoms with van der Waals surface area (Å²) in [5.41, 5.74) is -0.521. The minimum absolute atomic E-state index is 0.246. The summed E-state index contributed by atoms with van der Waals surface area (Å²) < 4.78 is 5.27. The first-order chi connectivity index (χ1) is 8.45. The number of carbonyl (C=O) groups is 1. The number of aliphatic imine (C=N–C) groups is 1. The number of nitrogens with zero attached hydrogens (tertiary/aromatic N) is 3. The Hall–Kier alpha value is -0.970. The quantitative estimate of drug-likeness (QED) is 0.456. The number of halogens is 1. The van der Waals surface area contributed by atoms with Gasteiger partial charge in [-0.1, -0.05) is 0 Å². The van der Waals surface area contributed by atoms with Gasteiger partial charge in [0, 0.05) is 20.1 Å². The van der Waals surface area contributed by atoms with Crippen LogP contribution in [-0.2, 0) is 4.74 Å². The van der Waals surface area contributed by atoms with Gasteiger partial charge in [-0.25, -0.2) is 9.79 Å². The van der Waals surface area contributed by atoms with Crippen LogP contribution in [0.2, 0.25) is 0 Å². The molecular formula is C13H26ClN3O2. The van der Waals surface area contributed by atoms with E-state index in [4.69, 9.17) is 16.3 Å². The van der Waals surface area contributed by atoms with Crippen LogP contribution in [0.1, 0.15) is 41.5 Å². The van der Waals surface area contributed by atoms with Crippen LogP contribution in [-0.4, -0.2) is 53.1 Å². The van der Waals surface area contributed by atoms with Crippen LogP contribution in [0, 0.1) is 0 Å². The Morgan fingerprint density at radius 3 is 2.00 bits per heavy atom. The molecule has 0 rings (SSSR count). The lowest BCUT2D eigenvalue weighted by molar-refractivity contribution is 0.0242. The Balaban J connectivity index is 4.70. The van der Waals surface area contributed by atoms with E-state index in [1.165, 1.54) is 4.90 Å². The van der Waals surface area contributed by atoms with Crippen LogP contribution in [0.3, 0.4) is 0 Å². The molecule has 0 heterocycles. The van der Waals surface area contributed by atoms with E-state index in [2.05, 4.69) is 4.99 Å². The van der Waals surface area contributed by atoms with Gasteiger partial charge in [0.05, 0.1) is 0 Å². The number of amidine groups is 1. The molecule has 0 aliphatic carbocycles. The monoisotopic (exact) mass is 291 g/mol. The first-order valence-electron chi connectivity index (χ1n) is 6.37. The standard InChI is InChI=1S/C13H26ClN3O2/c1-9(2)16(7)11(14)15-10(3)17(8)12(18)19-13(4,5)6/h9-10H,1-8H3. The van der Waals surface area contributed by atoms with E-state index in [1.807, 2.05) is 46.6 Å². The second-order valence-electron chi connectivity index (χ2n) is 5.83. The zero-order chi connectivity index (χ0) is 15.4. The normalized spacial score (nSPS) is 14.3. The topological polar surface area (TPSA) is 45.1 Å². The van der Waals surface area contributed by atoms with Gasteiger partial charge in [0.1, 0.15) is 11.8 Å². The van der Waals surface area contributed by atoms with Crippen LogP contribution < -0.4 is 0 Å². The van der Waals surface area contributed by atoms with Crippen molar-refractivity contribution < 1.29 is 9.53 Å². The molecule has 112 valence electrons. The van der Waals surface area contributed by atoms with Crippen molar-refractivity contribution in [1.82, 2.24) is 9.80 Å². The summed E-state index contributed by atoms with van der Waals surface area (Å²) in [6.07, 6.45) is -0.802. The second kappa shape index (κ2) is 6.98. The third-order valence-electron chi connectivity index (χ3n) is 2.60. The number of hydrogen-bond donors (Lipinski definition) is 0. The van der Waals surface area contributed by atoms with Crippen molar-refractivity contribution in [2.24, 2.45) is 4.99 Å². The molecule has 0 saturated carbocycles. The van der Waals surface area contributed by atoms with Crippen molar-refractivity contribution >= 4 is 23.0 Å². The smallest absolute Gasteiger partial charge is 0.411 e. The number of carbonyl (C=O) groups excluding carboxylic acids is 1. The maximum absolute atomic E-state index is 11.9. The van der Waals surface area contributed by atoms with E-state index in [0.29, 0.717) is 5.29 Å². The molecule has 1 atom stereocenters. The van der Waals surface area contributed by atoms with Gasteiger partial charge in [-0.2, -0.15) is 0 Å². The molecule has 0 bridgehead atoms. The Labute approximate surface area is 121 Å². The van der Waals surface area contributed by atoms with Crippen molar-refractivity contribution in [3.05, 3.63) is 0 Å². The minimum atomic E-state index is -0.521. The molecule has 5 nitrogen and oxygen atoms in total. The van der Waals surface area contributed by atoms with Gasteiger partial charge in [0.25, 0.3) is 0 Å². The second-order valence-corrected chi connectivity index (χ2v) is 6.16. The highest BCUT2D eigenvalue weighted by atomic mass is 35.5. The lowest BCUT2D eigenvalue weighted by Crippen LogP contribution is -2.40. The molecule has 0 fully saturated rings. The lowest BCUT2D eigenvalue weighted by Gasteiger charge is -2.28. The molecule has 0 saturated heterocycles. The van der Waals surface area contributed by atoms with Gasteiger partial charge in [0.15, 0.2) is 5.29 Å². The third-order valence-corrected chi connectivity index (χ3v) is 2.97. The van der Waals surface area contributed by atoms with Crippen molar-refractivity contribution in [3.8, 4) is 0 Å². The summed E-state index contributed by atoms with van der Waals surface area (Å²) in [4.78, 5) is 19.4. The van der Waals surface area contributed by atoms with Crippen molar-refractivity contribution in [3.63, 3.8) is 0 Å². The van der Waals surface area contributed by atoms with E-state index >= 15 is 0 Å². The molecule has 19 heavy (non-hydrogen) atoms. The molecule has 0 spiro atoms. The molecule has 0 radical (unpaired) electrons. The predicted molar refractivity (Wildman–Crippen MR) is 79.6 cm³/mol. The molecule has 0 aliphatic heterocycles. The predicted octanol–water partition coefficient (Wildman–Crippen LogP) is 3.13. The summed E-state index contributed by atoms with van der Waals surface area (Å²) in [5, 5.41) is 0.373. The largest absolute Gasteiger partial charge is 0.444 e. The summed E-state index contributed by atoms with van der Waals surface area (Å²) in [5.74, 6) is 0. The number of hydrogen-bond acceptors (Lipinski definition) is 3. The zero-order valence-corrected chi connectivity index (χ0v) is 13.9. The molecule has 0 aliphatic rings. The van der Waals surface area contributed by atoms with E-state index in [0.717, 1.165) is 0 Å². The number of ether oxygens (including phenoxy) is 1. The van der Waals surface area contributed by atoms with Gasteiger partial charge in [-0.3, -0.25) is 4.90 Å². The maximum atomic E-state index is 11.9. The molecule has 6 heteroatoms. The average Bonchev–Trinajstić information content (AvgIpc) is 2.23. The van der Waals surface area contributed by atoms with Crippen LogP contribution >= 0.6 is 11.6 Å². The van der Waals surface area contributed by atoms with Crippen LogP contribution in [0.4, 0.5) is 4.79 Å². The van der Waals surface area contributed by atoms with Crippen LogP contribution in [0.5, 0.6) is 0 Å². The van der Waals surface area contributed by atoms with Gasteiger partial charge in [-0.05, 0) is 53.1 Å². The fourth-order valence-electron chi connectivity index (χ4n) is 1.03. The van der Waals surface area contributed by atoms with E-state index < -0.39 is 11.7 Å². The van der Waals surface area contributed by atoms with Gasteiger partial charge >= 0.3 is 6.09 Å². The summed E-state index contributed by atoms with van der Waals surface area (Å²) in [7, 11) is 3.50. The Kier molecular flexibility index (Phi) is 6.63. The summed E-state index contributed by atoms with van der Waals surface area (Å²) >= 11 is 6.10. The number of amides is 1. The van der Waals surface area contributed by atoms with E-state index in [1.54, 1.807) is 14.0 Å². The maximum Gasteiger partial charge on any atom is 0.411 e.